The highest BCUT2D eigenvalue weighted by Crippen LogP contribution is 2.28. The first-order valence-electron chi connectivity index (χ1n) is 5.88. The maximum Gasteiger partial charge on any atom is 0.289 e. The first-order valence-corrected chi connectivity index (χ1v) is 6.67. The van der Waals surface area contributed by atoms with Crippen molar-refractivity contribution in [3.63, 3.8) is 0 Å². The summed E-state index contributed by atoms with van der Waals surface area (Å²) in [4.78, 5) is 14.0. The van der Waals surface area contributed by atoms with Gasteiger partial charge in [0.25, 0.3) is 5.91 Å². The molecule has 5 heteroatoms. The number of benzene rings is 1. The Bertz CT molecular complexity index is 608. The molecule has 0 aliphatic carbocycles. The molecule has 2 aromatic rings. The molecule has 1 fully saturated rings. The molecule has 94 valence electrons. The van der Waals surface area contributed by atoms with Crippen LogP contribution >= 0.6 is 15.9 Å². The normalized spacial score (nSPS) is 19.7. The fourth-order valence-corrected chi connectivity index (χ4v) is 2.72. The van der Waals surface area contributed by atoms with E-state index in [1.165, 1.54) is 0 Å². The van der Waals surface area contributed by atoms with Crippen LogP contribution in [0.2, 0.25) is 0 Å². The van der Waals surface area contributed by atoms with Crippen molar-refractivity contribution in [3.05, 3.63) is 34.5 Å². The molecule has 2 heterocycles. The first kappa shape index (κ1) is 11.7. The van der Waals surface area contributed by atoms with Crippen LogP contribution in [0.1, 0.15) is 17.0 Å². The van der Waals surface area contributed by atoms with Crippen molar-refractivity contribution in [2.24, 2.45) is 5.73 Å². The lowest BCUT2D eigenvalue weighted by molar-refractivity contribution is 0.0761. The fraction of sp³-hybridized carbons (Fsp3) is 0.308. The van der Waals surface area contributed by atoms with Crippen molar-refractivity contribution in [1.29, 1.82) is 0 Å². The van der Waals surface area contributed by atoms with Crippen LogP contribution in [0.3, 0.4) is 0 Å². The van der Waals surface area contributed by atoms with E-state index in [9.17, 15) is 4.79 Å². The third-order valence-electron chi connectivity index (χ3n) is 3.22. The number of halogens is 1. The average Bonchev–Trinajstić information content (AvgIpc) is 2.95. The van der Waals surface area contributed by atoms with Gasteiger partial charge in [-0.2, -0.15) is 0 Å². The minimum Gasteiger partial charge on any atom is -0.450 e. The zero-order valence-corrected chi connectivity index (χ0v) is 11.3. The Kier molecular flexibility index (Phi) is 2.87. The van der Waals surface area contributed by atoms with Gasteiger partial charge in [0.15, 0.2) is 5.76 Å². The average molecular weight is 309 g/mol. The highest BCUT2D eigenvalue weighted by atomic mass is 79.9. The van der Waals surface area contributed by atoms with Gasteiger partial charge in [-0.05, 0) is 34.5 Å². The molecular formula is C13H13BrN2O2. The monoisotopic (exact) mass is 308 g/mol. The minimum absolute atomic E-state index is 0.0777. The molecule has 2 N–H and O–H groups in total. The number of carbonyl (C=O) groups is 1. The van der Waals surface area contributed by atoms with Crippen LogP contribution in [0.25, 0.3) is 11.0 Å². The third-order valence-corrected chi connectivity index (χ3v) is 3.84. The van der Waals surface area contributed by atoms with E-state index >= 15 is 0 Å². The molecular weight excluding hydrogens is 296 g/mol. The van der Waals surface area contributed by atoms with Crippen molar-refractivity contribution in [3.8, 4) is 0 Å². The first-order chi connectivity index (χ1) is 8.65. The second kappa shape index (κ2) is 4.40. The number of amides is 1. The maximum atomic E-state index is 12.2. The zero-order valence-electron chi connectivity index (χ0n) is 9.73. The molecule has 0 unspecified atom stereocenters. The SMILES string of the molecule is N[C@@H]1CCN(C(=O)c2cc3cccc(Br)c3o2)C1. The van der Waals surface area contributed by atoms with Crippen LogP contribution in [0, 0.1) is 0 Å². The molecule has 1 aliphatic rings. The predicted molar refractivity (Wildman–Crippen MR) is 72.4 cm³/mol. The summed E-state index contributed by atoms with van der Waals surface area (Å²) >= 11 is 3.41. The van der Waals surface area contributed by atoms with Crippen molar-refractivity contribution in [1.82, 2.24) is 4.90 Å². The fourth-order valence-electron chi connectivity index (χ4n) is 2.26. The lowest BCUT2D eigenvalue weighted by atomic mass is 10.2. The van der Waals surface area contributed by atoms with Gasteiger partial charge in [0.1, 0.15) is 5.58 Å². The standard InChI is InChI=1S/C13H13BrN2O2/c14-10-3-1-2-8-6-11(18-12(8)10)13(17)16-5-4-9(15)7-16/h1-3,6,9H,4-5,7,15H2/t9-/m1/s1. The van der Waals surface area contributed by atoms with Crippen LogP contribution in [0.5, 0.6) is 0 Å². The van der Waals surface area contributed by atoms with Crippen LogP contribution in [0.4, 0.5) is 0 Å². The molecule has 1 aromatic heterocycles. The summed E-state index contributed by atoms with van der Waals surface area (Å²) in [5.41, 5.74) is 6.52. The number of nitrogens with two attached hydrogens (primary N) is 1. The summed E-state index contributed by atoms with van der Waals surface area (Å²) in [6.45, 7) is 1.31. The molecule has 0 spiro atoms. The molecule has 18 heavy (non-hydrogen) atoms. The lowest BCUT2D eigenvalue weighted by Crippen LogP contribution is -2.31. The summed E-state index contributed by atoms with van der Waals surface area (Å²) in [7, 11) is 0. The lowest BCUT2D eigenvalue weighted by Gasteiger charge is -2.13. The second-order valence-corrected chi connectivity index (χ2v) is 5.42. The number of likely N-dealkylation sites (tertiary alicyclic amines) is 1. The molecule has 0 radical (unpaired) electrons. The van der Waals surface area contributed by atoms with Crippen LogP contribution in [-0.4, -0.2) is 29.9 Å². The Hall–Kier alpha value is -1.33. The van der Waals surface area contributed by atoms with E-state index < -0.39 is 0 Å². The Labute approximate surface area is 113 Å². The van der Waals surface area contributed by atoms with E-state index in [1.54, 1.807) is 11.0 Å². The Morgan fingerprint density at radius 1 is 1.50 bits per heavy atom. The van der Waals surface area contributed by atoms with Gasteiger partial charge in [-0.25, -0.2) is 0 Å². The van der Waals surface area contributed by atoms with E-state index in [0.29, 0.717) is 24.4 Å². The van der Waals surface area contributed by atoms with Gasteiger partial charge >= 0.3 is 0 Å². The zero-order chi connectivity index (χ0) is 12.7. The number of hydrogen-bond acceptors (Lipinski definition) is 3. The number of carbonyl (C=O) groups excluding carboxylic acids is 1. The smallest absolute Gasteiger partial charge is 0.289 e. The molecule has 1 aliphatic heterocycles. The van der Waals surface area contributed by atoms with E-state index in [1.807, 2.05) is 18.2 Å². The van der Waals surface area contributed by atoms with E-state index in [4.69, 9.17) is 10.2 Å². The molecule has 1 amide bonds. The van der Waals surface area contributed by atoms with Gasteiger partial charge in [-0.1, -0.05) is 12.1 Å². The van der Waals surface area contributed by atoms with Crippen LogP contribution < -0.4 is 5.73 Å². The minimum atomic E-state index is -0.0777. The van der Waals surface area contributed by atoms with E-state index in [0.717, 1.165) is 16.3 Å². The molecule has 3 rings (SSSR count). The second-order valence-electron chi connectivity index (χ2n) is 4.57. The summed E-state index contributed by atoms with van der Waals surface area (Å²) in [5.74, 6) is 0.303. The van der Waals surface area contributed by atoms with Gasteiger partial charge in [0.2, 0.25) is 0 Å². The summed E-state index contributed by atoms with van der Waals surface area (Å²) in [5, 5.41) is 0.927. The number of nitrogens with zero attached hydrogens (tertiary/aromatic N) is 1. The number of rotatable bonds is 1. The third kappa shape index (κ3) is 1.93. The Balaban J connectivity index is 1.95. The van der Waals surface area contributed by atoms with Gasteiger partial charge in [-0.15, -0.1) is 0 Å². The van der Waals surface area contributed by atoms with Gasteiger partial charge in [-0.3, -0.25) is 4.79 Å². The van der Waals surface area contributed by atoms with Crippen molar-refractivity contribution in [2.75, 3.05) is 13.1 Å². The van der Waals surface area contributed by atoms with Gasteiger partial charge < -0.3 is 15.1 Å². The molecule has 1 atom stereocenters. The molecule has 4 nitrogen and oxygen atoms in total. The van der Waals surface area contributed by atoms with Crippen molar-refractivity contribution >= 4 is 32.8 Å². The summed E-state index contributed by atoms with van der Waals surface area (Å²) in [6.07, 6.45) is 0.857. The number of furan rings is 1. The Morgan fingerprint density at radius 2 is 2.33 bits per heavy atom. The predicted octanol–water partition coefficient (Wildman–Crippen LogP) is 2.37. The van der Waals surface area contributed by atoms with E-state index in [2.05, 4.69) is 15.9 Å². The van der Waals surface area contributed by atoms with Crippen molar-refractivity contribution < 1.29 is 9.21 Å². The summed E-state index contributed by atoms with van der Waals surface area (Å²) in [6, 6.07) is 7.61. The molecule has 1 saturated heterocycles. The molecule has 0 bridgehead atoms. The van der Waals surface area contributed by atoms with Crippen LogP contribution in [-0.2, 0) is 0 Å². The number of para-hydroxylation sites is 1. The molecule has 1 aromatic carbocycles. The number of fused-ring (bicyclic) bond motifs is 1. The van der Waals surface area contributed by atoms with Gasteiger partial charge in [0, 0.05) is 24.5 Å². The van der Waals surface area contributed by atoms with Gasteiger partial charge in [0.05, 0.1) is 4.47 Å². The Morgan fingerprint density at radius 3 is 3.00 bits per heavy atom. The highest BCUT2D eigenvalue weighted by Gasteiger charge is 2.26. The molecule has 0 saturated carbocycles. The van der Waals surface area contributed by atoms with E-state index in [-0.39, 0.29) is 11.9 Å². The van der Waals surface area contributed by atoms with Crippen LogP contribution in [0.15, 0.2) is 33.2 Å². The highest BCUT2D eigenvalue weighted by molar-refractivity contribution is 9.10. The summed E-state index contributed by atoms with van der Waals surface area (Å²) < 4.78 is 6.49. The van der Waals surface area contributed by atoms with Crippen molar-refractivity contribution in [2.45, 2.75) is 12.5 Å². The topological polar surface area (TPSA) is 59.5 Å². The quantitative estimate of drug-likeness (QED) is 0.880. The maximum absolute atomic E-state index is 12.2. The number of hydrogen-bond donors (Lipinski definition) is 1. The largest absolute Gasteiger partial charge is 0.450 e.